The van der Waals surface area contributed by atoms with E-state index in [9.17, 15) is 13.2 Å². The van der Waals surface area contributed by atoms with Crippen molar-refractivity contribution in [3.05, 3.63) is 96.3 Å². The summed E-state index contributed by atoms with van der Waals surface area (Å²) >= 11 is 5.21. The zero-order chi connectivity index (χ0) is 24.7. The van der Waals surface area contributed by atoms with Crippen LogP contribution in [0.5, 0.6) is 5.75 Å². The lowest BCUT2D eigenvalue weighted by molar-refractivity contribution is -0.274. The minimum Gasteiger partial charge on any atom is -0.406 e. The molecule has 0 aliphatic heterocycles. The first-order valence-electron chi connectivity index (χ1n) is 10.3. The standard InChI is InChI=1S/C24H19F3N6OS/c25-24(26,27)34-21-12-10-20(11-13-21)33-16-29-22(32-33)19-8-6-18(7-9-19)15-30-31-23(35)28-14-17-4-2-1-3-5-17/h1-13,15-16H,14H2,(H2,28,31,35)/b30-15+. The molecule has 35 heavy (non-hydrogen) atoms. The third-order valence-corrected chi connectivity index (χ3v) is 4.91. The highest BCUT2D eigenvalue weighted by atomic mass is 32.1. The number of benzene rings is 3. The van der Waals surface area contributed by atoms with Crippen molar-refractivity contribution < 1.29 is 17.9 Å². The number of halogens is 3. The molecule has 0 saturated carbocycles. The molecule has 0 aliphatic carbocycles. The molecule has 178 valence electrons. The molecule has 11 heteroatoms. The fourth-order valence-corrected chi connectivity index (χ4v) is 3.15. The first-order valence-corrected chi connectivity index (χ1v) is 10.8. The summed E-state index contributed by atoms with van der Waals surface area (Å²) in [5.74, 6) is 0.162. The van der Waals surface area contributed by atoms with E-state index < -0.39 is 6.36 Å². The summed E-state index contributed by atoms with van der Waals surface area (Å²) in [6, 6.07) is 22.6. The van der Waals surface area contributed by atoms with Crippen LogP contribution in [0.2, 0.25) is 0 Å². The molecule has 0 fully saturated rings. The van der Waals surface area contributed by atoms with Crippen LogP contribution in [0.1, 0.15) is 11.1 Å². The molecule has 0 atom stereocenters. The van der Waals surface area contributed by atoms with Gasteiger partial charge in [-0.2, -0.15) is 5.10 Å². The molecular weight excluding hydrogens is 477 g/mol. The summed E-state index contributed by atoms with van der Waals surface area (Å²) in [5, 5.41) is 12.0. The number of ether oxygens (including phenoxy) is 1. The van der Waals surface area contributed by atoms with Gasteiger partial charge in [0.2, 0.25) is 0 Å². The number of hydrogen-bond acceptors (Lipinski definition) is 5. The average molecular weight is 497 g/mol. The van der Waals surface area contributed by atoms with Gasteiger partial charge in [-0.05, 0) is 47.6 Å². The van der Waals surface area contributed by atoms with Gasteiger partial charge in [-0.3, -0.25) is 5.43 Å². The van der Waals surface area contributed by atoms with Gasteiger partial charge in [-0.25, -0.2) is 9.67 Å². The second-order valence-corrected chi connectivity index (χ2v) is 7.62. The maximum atomic E-state index is 12.3. The molecule has 1 heterocycles. The number of thiocarbonyl (C=S) groups is 1. The van der Waals surface area contributed by atoms with Crippen LogP contribution in [0.25, 0.3) is 17.1 Å². The number of hydrogen-bond donors (Lipinski definition) is 2. The minimum absolute atomic E-state index is 0.305. The van der Waals surface area contributed by atoms with Gasteiger partial charge >= 0.3 is 6.36 Å². The smallest absolute Gasteiger partial charge is 0.406 e. The van der Waals surface area contributed by atoms with E-state index in [4.69, 9.17) is 12.2 Å². The maximum absolute atomic E-state index is 12.3. The number of alkyl halides is 3. The van der Waals surface area contributed by atoms with Gasteiger partial charge in [0, 0.05) is 12.1 Å². The quantitative estimate of drug-likeness (QED) is 0.217. The Morgan fingerprint density at radius 1 is 1.00 bits per heavy atom. The van der Waals surface area contributed by atoms with Gasteiger partial charge in [-0.1, -0.05) is 54.6 Å². The van der Waals surface area contributed by atoms with Crippen LogP contribution in [-0.4, -0.2) is 32.5 Å². The summed E-state index contributed by atoms with van der Waals surface area (Å²) in [7, 11) is 0. The predicted molar refractivity (Wildman–Crippen MR) is 130 cm³/mol. The molecule has 0 amide bonds. The Hall–Kier alpha value is -4.25. The highest BCUT2D eigenvalue weighted by molar-refractivity contribution is 7.80. The van der Waals surface area contributed by atoms with Gasteiger partial charge in [0.25, 0.3) is 0 Å². The number of aromatic nitrogens is 3. The monoisotopic (exact) mass is 496 g/mol. The fourth-order valence-electron chi connectivity index (χ4n) is 3.02. The average Bonchev–Trinajstić information content (AvgIpc) is 3.34. The lowest BCUT2D eigenvalue weighted by Gasteiger charge is -2.09. The predicted octanol–water partition coefficient (Wildman–Crippen LogP) is 4.83. The molecule has 4 aromatic rings. The van der Waals surface area contributed by atoms with E-state index in [1.807, 2.05) is 54.6 Å². The van der Waals surface area contributed by atoms with Crippen molar-refractivity contribution in [2.45, 2.75) is 12.9 Å². The largest absolute Gasteiger partial charge is 0.573 e. The topological polar surface area (TPSA) is 76.4 Å². The highest BCUT2D eigenvalue weighted by Crippen LogP contribution is 2.24. The molecule has 0 radical (unpaired) electrons. The summed E-state index contributed by atoms with van der Waals surface area (Å²) in [5.41, 5.74) is 6.04. The highest BCUT2D eigenvalue weighted by Gasteiger charge is 2.31. The zero-order valence-corrected chi connectivity index (χ0v) is 18.9. The van der Waals surface area contributed by atoms with Gasteiger partial charge in [0.15, 0.2) is 10.9 Å². The van der Waals surface area contributed by atoms with Crippen LogP contribution >= 0.6 is 12.2 Å². The van der Waals surface area contributed by atoms with Crippen molar-refractivity contribution >= 4 is 23.5 Å². The van der Waals surface area contributed by atoms with Gasteiger partial charge in [0.05, 0.1) is 11.9 Å². The van der Waals surface area contributed by atoms with Crippen molar-refractivity contribution in [2.24, 2.45) is 5.10 Å². The Balaban J connectivity index is 1.31. The molecule has 7 nitrogen and oxygen atoms in total. The molecule has 0 unspecified atom stereocenters. The summed E-state index contributed by atoms with van der Waals surface area (Å²) in [4.78, 5) is 4.27. The third-order valence-electron chi connectivity index (χ3n) is 4.67. The third kappa shape index (κ3) is 7.11. The van der Waals surface area contributed by atoms with E-state index in [2.05, 4.69) is 30.7 Å². The van der Waals surface area contributed by atoms with Crippen LogP contribution in [0.15, 0.2) is 90.3 Å². The van der Waals surface area contributed by atoms with Gasteiger partial charge < -0.3 is 10.1 Å². The Bertz CT molecular complexity index is 1290. The number of nitrogens with one attached hydrogen (secondary N) is 2. The maximum Gasteiger partial charge on any atom is 0.573 e. The van der Waals surface area contributed by atoms with E-state index in [0.717, 1.165) is 16.7 Å². The fraction of sp³-hybridized carbons (Fsp3) is 0.0833. The Labute approximate surface area is 204 Å². The van der Waals surface area contributed by atoms with Crippen molar-refractivity contribution in [3.8, 4) is 22.8 Å². The van der Waals surface area contributed by atoms with Crippen LogP contribution in [0, 0.1) is 0 Å². The van der Waals surface area contributed by atoms with Crippen LogP contribution in [0.4, 0.5) is 13.2 Å². The van der Waals surface area contributed by atoms with Crippen LogP contribution in [-0.2, 0) is 6.54 Å². The van der Waals surface area contributed by atoms with Crippen LogP contribution < -0.4 is 15.5 Å². The molecule has 0 aliphatic rings. The number of nitrogens with zero attached hydrogens (tertiary/aromatic N) is 4. The van der Waals surface area contributed by atoms with Crippen LogP contribution in [0.3, 0.4) is 0 Å². The lowest BCUT2D eigenvalue weighted by Crippen LogP contribution is -2.31. The first-order chi connectivity index (χ1) is 16.9. The van der Waals surface area contributed by atoms with Gasteiger partial charge in [0.1, 0.15) is 12.1 Å². The zero-order valence-electron chi connectivity index (χ0n) is 18.1. The molecule has 0 bridgehead atoms. The molecular formula is C24H19F3N6OS. The summed E-state index contributed by atoms with van der Waals surface area (Å²) in [6.07, 6.45) is -1.62. The van der Waals surface area contributed by atoms with E-state index in [1.54, 1.807) is 6.21 Å². The Morgan fingerprint density at radius 3 is 2.40 bits per heavy atom. The molecule has 0 saturated heterocycles. The normalized spacial score (nSPS) is 11.4. The van der Waals surface area contributed by atoms with Crippen molar-refractivity contribution in [1.29, 1.82) is 0 Å². The number of hydrazone groups is 1. The van der Waals surface area contributed by atoms with E-state index in [1.165, 1.54) is 35.3 Å². The SMILES string of the molecule is FC(F)(F)Oc1ccc(-n2cnc(-c3ccc(/C=N/NC(=S)NCc4ccccc4)cc3)n2)cc1. The lowest BCUT2D eigenvalue weighted by atomic mass is 10.1. The molecule has 2 N–H and O–H groups in total. The molecule has 0 spiro atoms. The van der Waals surface area contributed by atoms with E-state index in [0.29, 0.717) is 23.2 Å². The second-order valence-electron chi connectivity index (χ2n) is 7.21. The Kier molecular flexibility index (Phi) is 7.36. The van der Waals surface area contributed by atoms with Gasteiger partial charge in [-0.15, -0.1) is 18.3 Å². The molecule has 3 aromatic carbocycles. The summed E-state index contributed by atoms with van der Waals surface area (Å²) in [6.45, 7) is 0.599. The Morgan fingerprint density at radius 2 is 1.71 bits per heavy atom. The number of rotatable bonds is 7. The molecule has 1 aromatic heterocycles. The van der Waals surface area contributed by atoms with E-state index >= 15 is 0 Å². The summed E-state index contributed by atoms with van der Waals surface area (Å²) < 4.78 is 42.3. The van der Waals surface area contributed by atoms with E-state index in [-0.39, 0.29) is 5.75 Å². The van der Waals surface area contributed by atoms with Crippen molar-refractivity contribution in [3.63, 3.8) is 0 Å². The second kappa shape index (κ2) is 10.8. The van der Waals surface area contributed by atoms with Crippen molar-refractivity contribution in [1.82, 2.24) is 25.5 Å². The van der Waals surface area contributed by atoms with Crippen molar-refractivity contribution in [2.75, 3.05) is 0 Å². The first kappa shape index (κ1) is 23.9. The minimum atomic E-state index is -4.74. The molecule has 4 rings (SSSR count).